The Morgan fingerprint density at radius 2 is 1.73 bits per heavy atom. The van der Waals surface area contributed by atoms with Gasteiger partial charge >= 0.3 is 5.97 Å². The molecule has 0 bridgehead atoms. The first-order valence-corrected chi connectivity index (χ1v) is 6.86. The lowest BCUT2D eigenvalue weighted by atomic mass is 9.96. The zero-order chi connectivity index (χ0) is 16.8. The molecule has 0 spiro atoms. The van der Waals surface area contributed by atoms with Crippen LogP contribution < -0.4 is 4.74 Å². The topological polar surface area (TPSA) is 89.9 Å². The molecule has 0 amide bonds. The van der Waals surface area contributed by atoms with Crippen LogP contribution in [0.15, 0.2) is 24.3 Å². The summed E-state index contributed by atoms with van der Waals surface area (Å²) >= 11 is 0. The van der Waals surface area contributed by atoms with E-state index in [0.29, 0.717) is 11.3 Å². The summed E-state index contributed by atoms with van der Waals surface area (Å²) in [5, 5.41) is 8.67. The number of ketones is 2. The van der Waals surface area contributed by atoms with E-state index < -0.39 is 11.6 Å². The number of benzene rings is 1. The summed E-state index contributed by atoms with van der Waals surface area (Å²) in [5.74, 6) is -0.900. The minimum atomic E-state index is -1.36. The maximum Gasteiger partial charge on any atom is 0.314 e. The van der Waals surface area contributed by atoms with Crippen molar-refractivity contribution in [2.75, 3.05) is 13.2 Å². The average Bonchev–Trinajstić information content (AvgIpc) is 2.43. The van der Waals surface area contributed by atoms with Crippen LogP contribution in [-0.2, 0) is 14.3 Å². The van der Waals surface area contributed by atoms with Crippen molar-refractivity contribution < 1.29 is 29.0 Å². The van der Waals surface area contributed by atoms with Crippen molar-refractivity contribution in [2.45, 2.75) is 32.8 Å². The molecule has 0 aliphatic rings. The molecule has 6 nitrogen and oxygen atoms in total. The summed E-state index contributed by atoms with van der Waals surface area (Å²) in [4.78, 5) is 34.8. The molecule has 1 rings (SSSR count). The van der Waals surface area contributed by atoms with Gasteiger partial charge in [0.2, 0.25) is 5.78 Å². The Hall–Kier alpha value is -2.21. The highest BCUT2D eigenvalue weighted by Crippen LogP contribution is 2.20. The van der Waals surface area contributed by atoms with Gasteiger partial charge in [0, 0.05) is 5.56 Å². The van der Waals surface area contributed by atoms with Crippen LogP contribution in [0.5, 0.6) is 5.75 Å². The Kier molecular flexibility index (Phi) is 6.24. The highest BCUT2D eigenvalue weighted by molar-refractivity contribution is 6.04. The third kappa shape index (κ3) is 5.29. The zero-order valence-corrected chi connectivity index (χ0v) is 12.9. The summed E-state index contributed by atoms with van der Waals surface area (Å²) in [6, 6.07) is 6.29. The maximum absolute atomic E-state index is 12.4. The number of rotatable bonds is 8. The molecule has 0 saturated heterocycles. The van der Waals surface area contributed by atoms with Gasteiger partial charge in [-0.2, -0.15) is 0 Å². The van der Waals surface area contributed by atoms with E-state index in [1.165, 1.54) is 20.8 Å². The van der Waals surface area contributed by atoms with E-state index in [1.54, 1.807) is 24.3 Å². The van der Waals surface area contributed by atoms with Gasteiger partial charge in [0.1, 0.15) is 24.6 Å². The van der Waals surface area contributed by atoms with Crippen LogP contribution in [0.3, 0.4) is 0 Å². The predicted molar refractivity (Wildman–Crippen MR) is 78.8 cm³/mol. The van der Waals surface area contributed by atoms with Gasteiger partial charge in [0.15, 0.2) is 5.60 Å². The third-order valence-corrected chi connectivity index (χ3v) is 2.79. The number of aliphatic hydroxyl groups is 1. The number of ether oxygens (including phenoxy) is 2. The molecule has 0 unspecified atom stereocenters. The molecule has 0 atom stereocenters. The molecule has 22 heavy (non-hydrogen) atoms. The van der Waals surface area contributed by atoms with Crippen molar-refractivity contribution in [1.82, 2.24) is 0 Å². The maximum atomic E-state index is 12.4. The molecule has 1 aromatic rings. The zero-order valence-electron chi connectivity index (χ0n) is 12.9. The summed E-state index contributed by atoms with van der Waals surface area (Å²) in [5.41, 5.74) is -1.00. The SMILES string of the molecule is CC(=O)CC(=O)OC(C)(C)C(=O)c1ccc(OCCO)cc1. The van der Waals surface area contributed by atoms with E-state index in [0.717, 1.165) is 0 Å². The molecule has 0 heterocycles. The molecule has 0 aromatic heterocycles. The fourth-order valence-corrected chi connectivity index (χ4v) is 1.78. The van der Waals surface area contributed by atoms with Gasteiger partial charge in [-0.15, -0.1) is 0 Å². The van der Waals surface area contributed by atoms with Crippen LogP contribution >= 0.6 is 0 Å². The number of hydrogen-bond acceptors (Lipinski definition) is 6. The van der Waals surface area contributed by atoms with Crippen molar-refractivity contribution in [3.05, 3.63) is 29.8 Å². The summed E-state index contributed by atoms with van der Waals surface area (Å²) in [7, 11) is 0. The largest absolute Gasteiger partial charge is 0.491 e. The van der Waals surface area contributed by atoms with Crippen molar-refractivity contribution in [3.8, 4) is 5.75 Å². The Morgan fingerprint density at radius 3 is 2.23 bits per heavy atom. The Morgan fingerprint density at radius 1 is 1.14 bits per heavy atom. The van der Waals surface area contributed by atoms with Crippen LogP contribution in [0.25, 0.3) is 0 Å². The second-order valence-corrected chi connectivity index (χ2v) is 5.29. The van der Waals surface area contributed by atoms with Crippen LogP contribution in [0.1, 0.15) is 37.6 Å². The Balaban J connectivity index is 2.76. The standard InChI is InChI=1S/C16H20O6/c1-11(18)10-14(19)22-16(2,3)15(20)12-4-6-13(7-5-12)21-9-8-17/h4-7,17H,8-10H2,1-3H3. The summed E-state index contributed by atoms with van der Waals surface area (Å²) in [6.45, 7) is 4.30. The molecule has 0 saturated carbocycles. The van der Waals surface area contributed by atoms with E-state index >= 15 is 0 Å². The van der Waals surface area contributed by atoms with Gasteiger partial charge in [-0.3, -0.25) is 14.4 Å². The number of esters is 1. The van der Waals surface area contributed by atoms with Crippen molar-refractivity contribution in [3.63, 3.8) is 0 Å². The van der Waals surface area contributed by atoms with Crippen molar-refractivity contribution in [1.29, 1.82) is 0 Å². The monoisotopic (exact) mass is 308 g/mol. The van der Waals surface area contributed by atoms with E-state index in [9.17, 15) is 14.4 Å². The molecule has 0 aliphatic carbocycles. The fourth-order valence-electron chi connectivity index (χ4n) is 1.78. The minimum absolute atomic E-state index is 0.0974. The molecule has 1 aromatic carbocycles. The van der Waals surface area contributed by atoms with Gasteiger partial charge in [-0.25, -0.2) is 0 Å². The minimum Gasteiger partial charge on any atom is -0.491 e. The van der Waals surface area contributed by atoms with Crippen LogP contribution in [0, 0.1) is 0 Å². The highest BCUT2D eigenvalue weighted by atomic mass is 16.6. The van der Waals surface area contributed by atoms with E-state index in [1.807, 2.05) is 0 Å². The van der Waals surface area contributed by atoms with E-state index in [-0.39, 0.29) is 31.2 Å². The van der Waals surface area contributed by atoms with Gasteiger partial charge in [0.25, 0.3) is 0 Å². The third-order valence-electron chi connectivity index (χ3n) is 2.79. The van der Waals surface area contributed by atoms with Crippen LogP contribution in [0.4, 0.5) is 0 Å². The molecular formula is C16H20O6. The van der Waals surface area contributed by atoms with Crippen LogP contribution in [0.2, 0.25) is 0 Å². The molecule has 120 valence electrons. The van der Waals surface area contributed by atoms with Crippen molar-refractivity contribution >= 4 is 17.5 Å². The number of carbonyl (C=O) groups is 3. The fraction of sp³-hybridized carbons (Fsp3) is 0.438. The first kappa shape index (κ1) is 17.8. The lowest BCUT2D eigenvalue weighted by Gasteiger charge is -2.23. The average molecular weight is 308 g/mol. The molecule has 6 heteroatoms. The number of carbonyl (C=O) groups excluding carboxylic acids is 3. The number of aliphatic hydroxyl groups excluding tert-OH is 1. The smallest absolute Gasteiger partial charge is 0.314 e. The van der Waals surface area contributed by atoms with Crippen molar-refractivity contribution in [2.24, 2.45) is 0 Å². The predicted octanol–water partition coefficient (Wildman–Crippen LogP) is 1.54. The molecule has 0 fully saturated rings. The second kappa shape index (κ2) is 7.70. The summed E-state index contributed by atoms with van der Waals surface area (Å²) < 4.78 is 10.3. The first-order chi connectivity index (χ1) is 10.3. The second-order valence-electron chi connectivity index (χ2n) is 5.29. The normalized spacial score (nSPS) is 10.9. The van der Waals surface area contributed by atoms with Gasteiger partial charge < -0.3 is 14.6 Å². The van der Waals surface area contributed by atoms with Gasteiger partial charge in [-0.1, -0.05) is 0 Å². The number of hydrogen-bond donors (Lipinski definition) is 1. The molecule has 1 N–H and O–H groups in total. The van der Waals surface area contributed by atoms with Crippen LogP contribution in [-0.4, -0.2) is 41.5 Å². The van der Waals surface area contributed by atoms with E-state index in [2.05, 4.69) is 0 Å². The van der Waals surface area contributed by atoms with E-state index in [4.69, 9.17) is 14.6 Å². The van der Waals surface area contributed by atoms with Gasteiger partial charge in [0.05, 0.1) is 6.61 Å². The Labute approximate surface area is 129 Å². The first-order valence-electron chi connectivity index (χ1n) is 6.86. The highest BCUT2D eigenvalue weighted by Gasteiger charge is 2.33. The number of Topliss-reactive ketones (excluding diaryl/α,β-unsaturated/α-hetero) is 2. The Bertz CT molecular complexity index is 544. The summed E-state index contributed by atoms with van der Waals surface area (Å²) in [6.07, 6.45) is -0.357. The lowest BCUT2D eigenvalue weighted by Crippen LogP contribution is -2.37. The molecule has 0 aliphatic heterocycles. The lowest BCUT2D eigenvalue weighted by molar-refractivity contribution is -0.154. The van der Waals surface area contributed by atoms with Gasteiger partial charge in [-0.05, 0) is 45.0 Å². The quantitative estimate of drug-likeness (QED) is 0.445. The molecular weight excluding hydrogens is 288 g/mol. The molecule has 0 radical (unpaired) electrons.